The number of hydrogen-bond acceptors (Lipinski definition) is 1. The third kappa shape index (κ3) is 5.03. The molecule has 0 aromatic carbocycles. The minimum absolute atomic E-state index is 0.301. The van der Waals surface area contributed by atoms with Crippen LogP contribution >= 0.6 is 0 Å². The highest BCUT2D eigenvalue weighted by Crippen LogP contribution is 2.62. The Morgan fingerprint density at radius 1 is 0.889 bits per heavy atom. The summed E-state index contributed by atoms with van der Waals surface area (Å²) in [6, 6.07) is 0. The molecular formula is C23H37F3O. The standard InChI is InChI=1S/C23H37F3O/c24-23(25,26)21-7-6-20(15-21)22(10-11-22)9-2-5-17-3-1-4-18(13-17)14-19-8-12-27-16-19/h17-21H,1-16H2. The molecule has 0 radical (unpaired) electrons. The predicted molar refractivity (Wildman–Crippen MR) is 101 cm³/mol. The zero-order valence-electron chi connectivity index (χ0n) is 16.7. The van der Waals surface area contributed by atoms with Gasteiger partial charge < -0.3 is 4.74 Å². The van der Waals surface area contributed by atoms with Gasteiger partial charge in [-0.3, -0.25) is 0 Å². The fraction of sp³-hybridized carbons (Fsp3) is 1.00. The van der Waals surface area contributed by atoms with Gasteiger partial charge >= 0.3 is 6.18 Å². The highest BCUT2D eigenvalue weighted by Gasteiger charge is 2.54. The van der Waals surface area contributed by atoms with Gasteiger partial charge in [0.15, 0.2) is 0 Å². The van der Waals surface area contributed by atoms with Gasteiger partial charge in [0.25, 0.3) is 0 Å². The lowest BCUT2D eigenvalue weighted by Gasteiger charge is -2.31. The Kier molecular flexibility index (Phi) is 6.12. The fourth-order valence-electron chi connectivity index (χ4n) is 6.72. The summed E-state index contributed by atoms with van der Waals surface area (Å²) in [5.41, 5.74) is 0.301. The van der Waals surface area contributed by atoms with Crippen molar-refractivity contribution in [3.8, 4) is 0 Å². The molecule has 1 saturated heterocycles. The fourth-order valence-corrected chi connectivity index (χ4v) is 6.72. The van der Waals surface area contributed by atoms with Crippen molar-refractivity contribution in [1.82, 2.24) is 0 Å². The summed E-state index contributed by atoms with van der Waals surface area (Å²) in [5, 5.41) is 0. The SMILES string of the molecule is FC(F)(F)C1CCC(C2(CCCC3CCCC(CC4CCOC4)C3)CC2)C1. The van der Waals surface area contributed by atoms with Crippen molar-refractivity contribution in [2.75, 3.05) is 13.2 Å². The average molecular weight is 387 g/mol. The van der Waals surface area contributed by atoms with Crippen LogP contribution in [0.15, 0.2) is 0 Å². The van der Waals surface area contributed by atoms with E-state index in [-0.39, 0.29) is 0 Å². The van der Waals surface area contributed by atoms with E-state index in [1.807, 2.05) is 0 Å². The highest BCUT2D eigenvalue weighted by molar-refractivity contribution is 5.01. The first kappa shape index (κ1) is 20.0. The number of hydrogen-bond donors (Lipinski definition) is 0. The summed E-state index contributed by atoms with van der Waals surface area (Å²) in [5.74, 6) is 1.90. The van der Waals surface area contributed by atoms with Gasteiger partial charge in [-0.15, -0.1) is 0 Å². The summed E-state index contributed by atoms with van der Waals surface area (Å²) in [4.78, 5) is 0. The second kappa shape index (κ2) is 8.24. The van der Waals surface area contributed by atoms with Crippen molar-refractivity contribution >= 4 is 0 Å². The van der Waals surface area contributed by atoms with Gasteiger partial charge in [0, 0.05) is 13.2 Å². The molecule has 4 rings (SSSR count). The Hall–Kier alpha value is -0.250. The molecule has 0 N–H and O–H groups in total. The van der Waals surface area contributed by atoms with Crippen LogP contribution in [0.4, 0.5) is 13.2 Å². The van der Waals surface area contributed by atoms with Crippen LogP contribution < -0.4 is 0 Å². The van der Waals surface area contributed by atoms with E-state index in [1.54, 1.807) is 0 Å². The van der Waals surface area contributed by atoms with E-state index < -0.39 is 12.1 Å². The molecule has 0 spiro atoms. The smallest absolute Gasteiger partial charge is 0.381 e. The number of rotatable bonds is 7. The molecule has 1 aliphatic heterocycles. The molecule has 0 aromatic heterocycles. The number of halogens is 3. The van der Waals surface area contributed by atoms with Gasteiger partial charge in [0.1, 0.15) is 0 Å². The van der Waals surface area contributed by atoms with Crippen molar-refractivity contribution in [2.24, 2.45) is 35.0 Å². The number of alkyl halides is 3. The van der Waals surface area contributed by atoms with Crippen LogP contribution in [0.5, 0.6) is 0 Å². The average Bonchev–Trinajstić information content (AvgIpc) is 3.02. The van der Waals surface area contributed by atoms with E-state index in [9.17, 15) is 13.2 Å². The van der Waals surface area contributed by atoms with Crippen LogP contribution in [0.2, 0.25) is 0 Å². The van der Waals surface area contributed by atoms with Gasteiger partial charge in [-0.2, -0.15) is 13.2 Å². The van der Waals surface area contributed by atoms with E-state index in [0.717, 1.165) is 37.4 Å². The third-order valence-electron chi connectivity index (χ3n) is 8.52. The Bertz CT molecular complexity index is 479. The summed E-state index contributed by atoms with van der Waals surface area (Å²) in [7, 11) is 0. The third-order valence-corrected chi connectivity index (χ3v) is 8.52. The van der Waals surface area contributed by atoms with E-state index >= 15 is 0 Å². The Morgan fingerprint density at radius 3 is 2.37 bits per heavy atom. The van der Waals surface area contributed by atoms with E-state index in [0.29, 0.717) is 24.2 Å². The zero-order chi connectivity index (χ0) is 18.9. The Balaban J connectivity index is 1.18. The van der Waals surface area contributed by atoms with Crippen molar-refractivity contribution in [3.05, 3.63) is 0 Å². The Labute approximate surface area is 162 Å². The maximum absolute atomic E-state index is 13.0. The molecule has 4 fully saturated rings. The predicted octanol–water partition coefficient (Wildman–Crippen LogP) is 7.15. The largest absolute Gasteiger partial charge is 0.391 e. The quantitative estimate of drug-likeness (QED) is 0.451. The second-order valence-electron chi connectivity index (χ2n) is 10.4. The summed E-state index contributed by atoms with van der Waals surface area (Å²) in [6.07, 6.45) is 12.0. The van der Waals surface area contributed by atoms with Gasteiger partial charge in [-0.25, -0.2) is 0 Å². The lowest BCUT2D eigenvalue weighted by Crippen LogP contribution is -2.22. The molecule has 27 heavy (non-hydrogen) atoms. The maximum atomic E-state index is 13.0. The molecule has 0 aromatic rings. The molecule has 5 atom stereocenters. The van der Waals surface area contributed by atoms with Crippen LogP contribution in [-0.4, -0.2) is 19.4 Å². The summed E-state index contributed by atoms with van der Waals surface area (Å²) >= 11 is 0. The van der Waals surface area contributed by atoms with Gasteiger partial charge in [-0.1, -0.05) is 32.1 Å². The highest BCUT2D eigenvalue weighted by atomic mass is 19.4. The Morgan fingerprint density at radius 2 is 1.70 bits per heavy atom. The molecule has 4 aliphatic rings. The van der Waals surface area contributed by atoms with Gasteiger partial charge in [-0.05, 0) is 86.9 Å². The van der Waals surface area contributed by atoms with Crippen LogP contribution in [0.25, 0.3) is 0 Å². The first-order valence-electron chi connectivity index (χ1n) is 11.6. The van der Waals surface area contributed by atoms with E-state index in [1.165, 1.54) is 70.6 Å². The molecule has 3 aliphatic carbocycles. The maximum Gasteiger partial charge on any atom is 0.391 e. The van der Waals surface area contributed by atoms with Gasteiger partial charge in [0.05, 0.1) is 5.92 Å². The summed E-state index contributed by atoms with van der Waals surface area (Å²) in [6.45, 7) is 1.93. The van der Waals surface area contributed by atoms with Crippen LogP contribution in [0.1, 0.15) is 89.9 Å². The molecule has 5 unspecified atom stereocenters. The molecule has 1 heterocycles. The van der Waals surface area contributed by atoms with Crippen molar-refractivity contribution < 1.29 is 17.9 Å². The molecule has 0 amide bonds. The monoisotopic (exact) mass is 386 g/mol. The van der Waals surface area contributed by atoms with Gasteiger partial charge in [0.2, 0.25) is 0 Å². The normalized spacial score (nSPS) is 39.0. The van der Waals surface area contributed by atoms with Crippen LogP contribution in [0, 0.1) is 35.0 Å². The molecule has 1 nitrogen and oxygen atoms in total. The first-order chi connectivity index (χ1) is 12.9. The molecule has 4 heteroatoms. The second-order valence-corrected chi connectivity index (χ2v) is 10.4. The molecule has 0 bridgehead atoms. The lowest BCUT2D eigenvalue weighted by atomic mass is 9.74. The van der Waals surface area contributed by atoms with Crippen LogP contribution in [-0.2, 0) is 4.74 Å². The lowest BCUT2D eigenvalue weighted by molar-refractivity contribution is -0.173. The first-order valence-corrected chi connectivity index (χ1v) is 11.6. The van der Waals surface area contributed by atoms with Crippen molar-refractivity contribution in [3.63, 3.8) is 0 Å². The summed E-state index contributed by atoms with van der Waals surface area (Å²) < 4.78 is 44.6. The van der Waals surface area contributed by atoms with E-state index in [2.05, 4.69) is 0 Å². The minimum atomic E-state index is -3.97. The molecule has 3 saturated carbocycles. The minimum Gasteiger partial charge on any atom is -0.381 e. The number of ether oxygens (including phenoxy) is 1. The van der Waals surface area contributed by atoms with Crippen LogP contribution in [0.3, 0.4) is 0 Å². The van der Waals surface area contributed by atoms with E-state index in [4.69, 9.17) is 4.74 Å². The topological polar surface area (TPSA) is 9.23 Å². The molecule has 156 valence electrons. The van der Waals surface area contributed by atoms with Crippen molar-refractivity contribution in [1.29, 1.82) is 0 Å². The molecular weight excluding hydrogens is 349 g/mol. The zero-order valence-corrected chi connectivity index (χ0v) is 16.7. The van der Waals surface area contributed by atoms with Crippen molar-refractivity contribution in [2.45, 2.75) is 96.1 Å².